The third-order valence-electron chi connectivity index (χ3n) is 5.21. The summed E-state index contributed by atoms with van der Waals surface area (Å²) in [6, 6.07) is 16.4. The second-order valence-electron chi connectivity index (χ2n) is 7.70. The molecule has 1 aromatic heterocycles. The summed E-state index contributed by atoms with van der Waals surface area (Å²) in [7, 11) is 0. The summed E-state index contributed by atoms with van der Waals surface area (Å²) >= 11 is 13.5. The SMILES string of the molecule is CCN(CC)c1ccc(N=Nc2ccc(N=Nc3nc4cc(Cl)c(Cl)cc4s3)cc2)c(NC(C)=O)c1. The lowest BCUT2D eigenvalue weighted by molar-refractivity contribution is -0.114. The summed E-state index contributed by atoms with van der Waals surface area (Å²) in [4.78, 5) is 18.3. The van der Waals surface area contributed by atoms with Gasteiger partial charge in [0.1, 0.15) is 5.69 Å². The molecule has 0 radical (unpaired) electrons. The number of amides is 1. The second kappa shape index (κ2) is 11.6. The van der Waals surface area contributed by atoms with Gasteiger partial charge in [-0.2, -0.15) is 5.11 Å². The molecule has 0 saturated carbocycles. The Morgan fingerprint density at radius 3 is 2.19 bits per heavy atom. The molecule has 36 heavy (non-hydrogen) atoms. The number of halogens is 2. The highest BCUT2D eigenvalue weighted by molar-refractivity contribution is 7.22. The zero-order chi connectivity index (χ0) is 25.7. The van der Waals surface area contributed by atoms with Crippen molar-refractivity contribution < 1.29 is 4.79 Å². The Morgan fingerprint density at radius 2 is 1.56 bits per heavy atom. The van der Waals surface area contributed by atoms with Crippen LogP contribution < -0.4 is 10.2 Å². The number of azo groups is 2. The van der Waals surface area contributed by atoms with Gasteiger partial charge in [0.05, 0.1) is 37.3 Å². The van der Waals surface area contributed by atoms with Crippen molar-refractivity contribution in [1.29, 1.82) is 0 Å². The molecule has 11 heteroatoms. The smallest absolute Gasteiger partial charge is 0.231 e. The van der Waals surface area contributed by atoms with E-state index in [1.165, 1.54) is 18.3 Å². The minimum Gasteiger partial charge on any atom is -0.372 e. The maximum absolute atomic E-state index is 11.7. The molecule has 0 aliphatic rings. The number of thiazole rings is 1. The molecule has 1 N–H and O–H groups in total. The summed E-state index contributed by atoms with van der Waals surface area (Å²) in [5, 5.41) is 21.4. The summed E-state index contributed by atoms with van der Waals surface area (Å²) in [5.74, 6) is -0.169. The number of benzene rings is 3. The number of hydrogen-bond donors (Lipinski definition) is 1. The van der Waals surface area contributed by atoms with E-state index < -0.39 is 0 Å². The summed E-state index contributed by atoms with van der Waals surface area (Å²) < 4.78 is 0.887. The number of anilines is 2. The van der Waals surface area contributed by atoms with Crippen LogP contribution in [-0.2, 0) is 4.79 Å². The number of fused-ring (bicyclic) bond motifs is 1. The standard InChI is InChI=1S/C25H23Cl2N7OS/c1-4-34(5-2)18-10-11-21(22(12-18)28-15(3)35)32-30-16-6-8-17(9-7-16)31-33-25-29-23-13-19(26)20(27)14-24(23)36-25/h6-14H,4-5H2,1-3H3,(H,28,35). The maximum atomic E-state index is 11.7. The fourth-order valence-electron chi connectivity index (χ4n) is 3.44. The molecule has 0 atom stereocenters. The first kappa shape index (κ1) is 25.7. The van der Waals surface area contributed by atoms with E-state index in [4.69, 9.17) is 23.2 Å². The van der Waals surface area contributed by atoms with Crippen LogP contribution in [0.3, 0.4) is 0 Å². The monoisotopic (exact) mass is 539 g/mol. The van der Waals surface area contributed by atoms with Crippen molar-refractivity contribution in [3.05, 3.63) is 64.6 Å². The molecule has 1 heterocycles. The maximum Gasteiger partial charge on any atom is 0.231 e. The van der Waals surface area contributed by atoms with E-state index in [0.29, 0.717) is 37.9 Å². The zero-order valence-electron chi connectivity index (χ0n) is 19.9. The predicted molar refractivity (Wildman–Crippen MR) is 149 cm³/mol. The molecule has 0 saturated heterocycles. The van der Waals surface area contributed by atoms with E-state index in [1.807, 2.05) is 18.2 Å². The molecular weight excluding hydrogens is 517 g/mol. The van der Waals surface area contributed by atoms with Crippen molar-refractivity contribution in [3.63, 3.8) is 0 Å². The number of rotatable bonds is 8. The van der Waals surface area contributed by atoms with Crippen LogP contribution in [0, 0.1) is 0 Å². The van der Waals surface area contributed by atoms with Gasteiger partial charge >= 0.3 is 0 Å². The van der Waals surface area contributed by atoms with E-state index in [2.05, 4.69) is 49.5 Å². The van der Waals surface area contributed by atoms with Crippen molar-refractivity contribution in [1.82, 2.24) is 4.98 Å². The van der Waals surface area contributed by atoms with E-state index in [1.54, 1.807) is 36.4 Å². The van der Waals surface area contributed by atoms with Crippen LogP contribution in [-0.4, -0.2) is 24.0 Å². The molecule has 0 spiro atoms. The van der Waals surface area contributed by atoms with Crippen LogP contribution in [0.2, 0.25) is 10.0 Å². The fourth-order valence-corrected chi connectivity index (χ4v) is 4.63. The predicted octanol–water partition coefficient (Wildman–Crippen LogP) is 9.24. The highest BCUT2D eigenvalue weighted by Gasteiger charge is 2.10. The number of hydrogen-bond acceptors (Lipinski definition) is 8. The molecule has 0 aliphatic heterocycles. The quantitative estimate of drug-likeness (QED) is 0.226. The number of nitrogens with one attached hydrogen (secondary N) is 1. The number of nitrogens with zero attached hydrogens (tertiary/aromatic N) is 6. The average molecular weight is 540 g/mol. The second-order valence-corrected chi connectivity index (χ2v) is 9.53. The van der Waals surface area contributed by atoms with Gasteiger partial charge in [-0.05, 0) is 68.4 Å². The molecule has 4 rings (SSSR count). The first-order chi connectivity index (χ1) is 17.4. The lowest BCUT2D eigenvalue weighted by Crippen LogP contribution is -2.21. The van der Waals surface area contributed by atoms with Crippen molar-refractivity contribution in [2.24, 2.45) is 20.5 Å². The highest BCUT2D eigenvalue weighted by atomic mass is 35.5. The fraction of sp³-hybridized carbons (Fsp3) is 0.200. The van der Waals surface area contributed by atoms with Crippen LogP contribution in [0.1, 0.15) is 20.8 Å². The number of carbonyl (C=O) groups is 1. The van der Waals surface area contributed by atoms with E-state index in [-0.39, 0.29) is 5.91 Å². The molecular formula is C25H23Cl2N7OS. The Hall–Kier alpha value is -3.40. The van der Waals surface area contributed by atoms with Crippen LogP contribution in [0.15, 0.2) is 75.1 Å². The van der Waals surface area contributed by atoms with Gasteiger partial charge in [-0.15, -0.1) is 15.3 Å². The first-order valence-corrected chi connectivity index (χ1v) is 12.8. The van der Waals surface area contributed by atoms with Crippen molar-refractivity contribution >= 4 is 84.2 Å². The van der Waals surface area contributed by atoms with Gasteiger partial charge in [-0.1, -0.05) is 34.5 Å². The molecule has 3 aromatic carbocycles. The third kappa shape index (κ3) is 6.23. The van der Waals surface area contributed by atoms with Gasteiger partial charge in [0.2, 0.25) is 11.0 Å². The van der Waals surface area contributed by atoms with Gasteiger partial charge < -0.3 is 10.2 Å². The third-order valence-corrected chi connectivity index (χ3v) is 6.84. The molecule has 184 valence electrons. The Labute approximate surface area is 222 Å². The minimum absolute atomic E-state index is 0.169. The van der Waals surface area contributed by atoms with Crippen LogP contribution in [0.4, 0.5) is 33.6 Å². The summed E-state index contributed by atoms with van der Waals surface area (Å²) in [5.41, 5.74) is 4.20. The number of aromatic nitrogens is 1. The van der Waals surface area contributed by atoms with Gasteiger partial charge in [0, 0.05) is 25.7 Å². The van der Waals surface area contributed by atoms with Crippen LogP contribution in [0.25, 0.3) is 10.2 Å². The van der Waals surface area contributed by atoms with E-state index in [0.717, 1.165) is 29.0 Å². The largest absolute Gasteiger partial charge is 0.372 e. The van der Waals surface area contributed by atoms with Gasteiger partial charge in [0.15, 0.2) is 0 Å². The Balaban J connectivity index is 1.49. The van der Waals surface area contributed by atoms with Crippen molar-refractivity contribution in [2.45, 2.75) is 20.8 Å². The van der Waals surface area contributed by atoms with Gasteiger partial charge in [0.25, 0.3) is 0 Å². The van der Waals surface area contributed by atoms with Gasteiger partial charge in [-0.25, -0.2) is 4.98 Å². The molecule has 1 amide bonds. The average Bonchev–Trinajstić information content (AvgIpc) is 3.25. The minimum atomic E-state index is -0.169. The van der Waals surface area contributed by atoms with Crippen molar-refractivity contribution in [2.75, 3.05) is 23.3 Å². The molecule has 8 nitrogen and oxygen atoms in total. The normalized spacial score (nSPS) is 11.6. The summed E-state index contributed by atoms with van der Waals surface area (Å²) in [6.07, 6.45) is 0. The first-order valence-electron chi connectivity index (χ1n) is 11.2. The molecule has 0 fully saturated rings. The zero-order valence-corrected chi connectivity index (χ0v) is 22.2. The summed E-state index contributed by atoms with van der Waals surface area (Å²) in [6.45, 7) is 7.37. The highest BCUT2D eigenvalue weighted by Crippen LogP contribution is 2.35. The lowest BCUT2D eigenvalue weighted by Gasteiger charge is -2.22. The topological polar surface area (TPSA) is 94.7 Å². The van der Waals surface area contributed by atoms with E-state index in [9.17, 15) is 4.79 Å². The Kier molecular flexibility index (Phi) is 8.25. The molecule has 0 unspecified atom stereocenters. The Bertz CT molecular complexity index is 1410. The molecule has 0 aliphatic carbocycles. The van der Waals surface area contributed by atoms with Crippen LogP contribution >= 0.6 is 34.5 Å². The molecule has 4 aromatic rings. The van der Waals surface area contributed by atoms with Crippen molar-refractivity contribution in [3.8, 4) is 0 Å². The lowest BCUT2D eigenvalue weighted by atomic mass is 10.2. The number of carbonyl (C=O) groups excluding carboxylic acids is 1. The van der Waals surface area contributed by atoms with E-state index >= 15 is 0 Å². The van der Waals surface area contributed by atoms with Crippen LogP contribution in [0.5, 0.6) is 0 Å². The molecule has 0 bridgehead atoms. The van der Waals surface area contributed by atoms with Gasteiger partial charge in [-0.3, -0.25) is 4.79 Å². The Morgan fingerprint density at radius 1 is 0.917 bits per heavy atom.